The molecule has 1 aliphatic carbocycles. The summed E-state index contributed by atoms with van der Waals surface area (Å²) in [4.78, 5) is 18.5. The van der Waals surface area contributed by atoms with Crippen molar-refractivity contribution in [3.05, 3.63) is 30.3 Å². The van der Waals surface area contributed by atoms with Gasteiger partial charge in [-0.3, -0.25) is 9.63 Å². The summed E-state index contributed by atoms with van der Waals surface area (Å²) in [5, 5.41) is 1.76. The molecule has 1 fully saturated rings. The number of thioether (sulfide) groups is 1. The summed E-state index contributed by atoms with van der Waals surface area (Å²) in [5.74, 6) is 0.699. The van der Waals surface area contributed by atoms with Crippen LogP contribution >= 0.6 is 11.8 Å². The van der Waals surface area contributed by atoms with Crippen molar-refractivity contribution >= 4 is 17.7 Å². The van der Waals surface area contributed by atoms with Gasteiger partial charge in [-0.05, 0) is 24.5 Å². The SMILES string of the molecule is CCC[C@H]1[C@@H](Sc2ccccc2)[C@@H]1C(=O)N(C)OC. The van der Waals surface area contributed by atoms with E-state index in [4.69, 9.17) is 4.84 Å². The molecule has 0 heterocycles. The summed E-state index contributed by atoms with van der Waals surface area (Å²) >= 11 is 1.82. The van der Waals surface area contributed by atoms with Crippen LogP contribution < -0.4 is 0 Å². The Hall–Kier alpha value is -1.00. The lowest BCUT2D eigenvalue weighted by atomic mass is 10.2. The highest BCUT2D eigenvalue weighted by molar-refractivity contribution is 8.00. The number of rotatable bonds is 6. The zero-order valence-corrected chi connectivity index (χ0v) is 12.5. The third kappa shape index (κ3) is 3.31. The Bertz CT molecular complexity index is 423. The van der Waals surface area contributed by atoms with Gasteiger partial charge in [0.25, 0.3) is 0 Å². The number of hydrogen-bond acceptors (Lipinski definition) is 3. The lowest BCUT2D eigenvalue weighted by molar-refractivity contribution is -0.170. The van der Waals surface area contributed by atoms with E-state index < -0.39 is 0 Å². The summed E-state index contributed by atoms with van der Waals surface area (Å²) in [6.07, 6.45) is 2.23. The smallest absolute Gasteiger partial charge is 0.250 e. The minimum atomic E-state index is 0.106. The zero-order valence-electron chi connectivity index (χ0n) is 11.7. The molecule has 0 spiro atoms. The van der Waals surface area contributed by atoms with E-state index in [1.807, 2.05) is 30.0 Å². The fourth-order valence-corrected chi connectivity index (χ4v) is 3.94. The Labute approximate surface area is 119 Å². The number of amides is 1. The fraction of sp³-hybridized carbons (Fsp3) is 0.533. The highest BCUT2D eigenvalue weighted by Gasteiger charge is 2.55. The molecule has 104 valence electrons. The molecule has 1 aromatic carbocycles. The maximum atomic E-state index is 12.2. The van der Waals surface area contributed by atoms with Crippen LogP contribution in [0.25, 0.3) is 0 Å². The highest BCUT2D eigenvalue weighted by Crippen LogP contribution is 2.53. The first-order valence-corrected chi connectivity index (χ1v) is 7.60. The molecule has 0 N–H and O–H groups in total. The van der Waals surface area contributed by atoms with Crippen LogP contribution in [0.1, 0.15) is 19.8 Å². The number of nitrogens with zero attached hydrogens (tertiary/aromatic N) is 1. The molecule has 0 unspecified atom stereocenters. The molecule has 0 aliphatic heterocycles. The molecule has 1 aromatic rings. The quantitative estimate of drug-likeness (QED) is 0.749. The van der Waals surface area contributed by atoms with Gasteiger partial charge in [0.2, 0.25) is 5.91 Å². The van der Waals surface area contributed by atoms with Crippen LogP contribution in [0, 0.1) is 11.8 Å². The molecule has 0 aromatic heterocycles. The van der Waals surface area contributed by atoms with Crippen molar-refractivity contribution < 1.29 is 9.63 Å². The maximum Gasteiger partial charge on any atom is 0.250 e. The molecule has 1 saturated carbocycles. The van der Waals surface area contributed by atoms with E-state index in [1.54, 1.807) is 7.05 Å². The standard InChI is InChI=1S/C15H21NO2S/c1-4-8-12-13(15(17)16(2)18-3)14(12)19-11-9-6-5-7-10-11/h5-7,9-10,12-14H,4,8H2,1-3H3/t12-,13-,14-/m1/s1. The van der Waals surface area contributed by atoms with Crippen molar-refractivity contribution in [1.29, 1.82) is 0 Å². The molecular formula is C15H21NO2S. The van der Waals surface area contributed by atoms with Gasteiger partial charge in [0.15, 0.2) is 0 Å². The van der Waals surface area contributed by atoms with Crippen LogP contribution in [0.2, 0.25) is 0 Å². The lowest BCUT2D eigenvalue weighted by Gasteiger charge is -2.13. The van der Waals surface area contributed by atoms with Crippen molar-refractivity contribution in [2.24, 2.45) is 11.8 Å². The van der Waals surface area contributed by atoms with E-state index in [9.17, 15) is 4.79 Å². The second-order valence-corrected chi connectivity index (χ2v) is 6.14. The Balaban J connectivity index is 2.01. The van der Waals surface area contributed by atoms with E-state index in [2.05, 4.69) is 19.1 Å². The maximum absolute atomic E-state index is 12.2. The van der Waals surface area contributed by atoms with Gasteiger partial charge in [-0.15, -0.1) is 11.8 Å². The number of benzene rings is 1. The summed E-state index contributed by atoms with van der Waals surface area (Å²) in [5.41, 5.74) is 0. The van der Waals surface area contributed by atoms with Gasteiger partial charge in [0.05, 0.1) is 13.0 Å². The third-order valence-electron chi connectivity index (χ3n) is 3.60. The summed E-state index contributed by atoms with van der Waals surface area (Å²) in [6, 6.07) is 10.3. The predicted octanol–water partition coefficient (Wildman–Crippen LogP) is 3.21. The first kappa shape index (κ1) is 14.4. The zero-order chi connectivity index (χ0) is 13.8. The first-order chi connectivity index (χ1) is 9.19. The number of hydroxylamine groups is 2. The molecule has 3 nitrogen and oxygen atoms in total. The largest absolute Gasteiger partial charge is 0.275 e. The van der Waals surface area contributed by atoms with Crippen molar-refractivity contribution in [2.45, 2.75) is 29.9 Å². The van der Waals surface area contributed by atoms with Crippen LogP contribution in [0.5, 0.6) is 0 Å². The van der Waals surface area contributed by atoms with Gasteiger partial charge in [-0.25, -0.2) is 5.06 Å². The average Bonchev–Trinajstić information content (AvgIpc) is 3.11. The van der Waals surface area contributed by atoms with Crippen LogP contribution in [0.3, 0.4) is 0 Å². The Morgan fingerprint density at radius 3 is 2.63 bits per heavy atom. The van der Waals surface area contributed by atoms with Gasteiger partial charge in [-0.1, -0.05) is 31.5 Å². The van der Waals surface area contributed by atoms with E-state index >= 15 is 0 Å². The normalized spacial score (nSPS) is 25.1. The van der Waals surface area contributed by atoms with Gasteiger partial charge >= 0.3 is 0 Å². The van der Waals surface area contributed by atoms with Gasteiger partial charge in [0.1, 0.15) is 0 Å². The molecule has 0 radical (unpaired) electrons. The van der Waals surface area contributed by atoms with Gasteiger partial charge in [0, 0.05) is 17.2 Å². The van der Waals surface area contributed by atoms with Crippen LogP contribution in [0.15, 0.2) is 35.2 Å². The molecule has 0 bridgehead atoms. The lowest BCUT2D eigenvalue weighted by Crippen LogP contribution is -2.28. The predicted molar refractivity (Wildman–Crippen MR) is 77.8 cm³/mol. The molecule has 19 heavy (non-hydrogen) atoms. The van der Waals surface area contributed by atoms with Crippen molar-refractivity contribution in [3.63, 3.8) is 0 Å². The van der Waals surface area contributed by atoms with E-state index in [0.717, 1.165) is 12.8 Å². The number of carbonyl (C=O) groups is 1. The molecule has 4 heteroatoms. The van der Waals surface area contributed by atoms with E-state index in [-0.39, 0.29) is 11.8 Å². The molecule has 1 amide bonds. The number of hydrogen-bond donors (Lipinski definition) is 0. The molecule has 2 rings (SSSR count). The fourth-order valence-electron chi connectivity index (χ4n) is 2.46. The summed E-state index contributed by atoms with van der Waals surface area (Å²) < 4.78 is 0. The van der Waals surface area contributed by atoms with Gasteiger partial charge < -0.3 is 0 Å². The average molecular weight is 279 g/mol. The number of carbonyl (C=O) groups excluding carboxylic acids is 1. The summed E-state index contributed by atoms with van der Waals surface area (Å²) in [6.45, 7) is 2.17. The Morgan fingerprint density at radius 2 is 2.05 bits per heavy atom. The van der Waals surface area contributed by atoms with Gasteiger partial charge in [-0.2, -0.15) is 0 Å². The second kappa shape index (κ2) is 6.44. The Kier molecular flexibility index (Phi) is 4.88. The minimum Gasteiger partial charge on any atom is -0.275 e. The van der Waals surface area contributed by atoms with Crippen LogP contribution in [-0.4, -0.2) is 30.4 Å². The molecule has 1 aliphatic rings. The molecular weight excluding hydrogens is 258 g/mol. The van der Waals surface area contributed by atoms with Crippen LogP contribution in [-0.2, 0) is 9.63 Å². The van der Waals surface area contributed by atoms with E-state index in [0.29, 0.717) is 11.2 Å². The van der Waals surface area contributed by atoms with Crippen molar-refractivity contribution in [2.75, 3.05) is 14.2 Å². The highest BCUT2D eigenvalue weighted by atomic mass is 32.2. The summed E-state index contributed by atoms with van der Waals surface area (Å²) in [7, 11) is 3.22. The second-order valence-electron chi connectivity index (χ2n) is 4.89. The van der Waals surface area contributed by atoms with Crippen molar-refractivity contribution in [3.8, 4) is 0 Å². The molecule has 0 saturated heterocycles. The van der Waals surface area contributed by atoms with Crippen LogP contribution in [0.4, 0.5) is 0 Å². The third-order valence-corrected chi connectivity index (χ3v) is 5.06. The minimum absolute atomic E-state index is 0.106. The van der Waals surface area contributed by atoms with Crippen molar-refractivity contribution in [1.82, 2.24) is 5.06 Å². The van der Waals surface area contributed by atoms with E-state index in [1.165, 1.54) is 17.1 Å². The first-order valence-electron chi connectivity index (χ1n) is 6.72. The molecule has 3 atom stereocenters. The topological polar surface area (TPSA) is 29.5 Å². The monoisotopic (exact) mass is 279 g/mol. The Morgan fingerprint density at radius 1 is 1.37 bits per heavy atom.